The molecule has 2 aliphatic rings. The van der Waals surface area contributed by atoms with Gasteiger partial charge in [0, 0.05) is 23.2 Å². The molecule has 0 aromatic carbocycles. The highest BCUT2D eigenvalue weighted by Gasteiger charge is 2.32. The minimum Gasteiger partial charge on any atom is -0.338 e. The Morgan fingerprint density at radius 1 is 1.29 bits per heavy atom. The Kier molecular flexibility index (Phi) is 3.75. The summed E-state index contributed by atoms with van der Waals surface area (Å²) in [5, 5.41) is 12.5. The van der Waals surface area contributed by atoms with Gasteiger partial charge in [-0.3, -0.25) is 10.00 Å². The summed E-state index contributed by atoms with van der Waals surface area (Å²) in [6.07, 6.45) is 7.82. The summed E-state index contributed by atoms with van der Waals surface area (Å²) in [5.74, 6) is 2.11. The van der Waals surface area contributed by atoms with Crippen molar-refractivity contribution in [3.63, 3.8) is 0 Å². The van der Waals surface area contributed by atoms with Crippen LogP contribution in [-0.4, -0.2) is 19.9 Å². The second-order valence-electron chi connectivity index (χ2n) is 8.23. The standard InChI is InChI=1S/C18H27N5O/c1-11(17-21-16(22-24-17)12-8-9-12)20-14-6-5-7-15-13(14)10-19-23(15)18(2,3)4/h10-12,14,20H,5-9H2,1-4H3/t11-,14-/m0/s1. The zero-order valence-corrected chi connectivity index (χ0v) is 15.0. The molecule has 2 aromatic heterocycles. The predicted octanol–water partition coefficient (Wildman–Crippen LogP) is 3.63. The van der Waals surface area contributed by atoms with Crippen LogP contribution < -0.4 is 5.32 Å². The maximum atomic E-state index is 5.47. The maximum absolute atomic E-state index is 5.47. The van der Waals surface area contributed by atoms with E-state index in [-0.39, 0.29) is 11.6 Å². The lowest BCUT2D eigenvalue weighted by Gasteiger charge is -2.29. The Bertz CT molecular complexity index is 722. The Balaban J connectivity index is 1.52. The van der Waals surface area contributed by atoms with Crippen LogP contribution in [0, 0.1) is 0 Å². The SMILES string of the molecule is C[C@H](N[C@H]1CCCc2c1cnn2C(C)(C)C)c1nc(C2CC2)no1. The highest BCUT2D eigenvalue weighted by atomic mass is 16.5. The van der Waals surface area contributed by atoms with Gasteiger partial charge in [-0.2, -0.15) is 10.1 Å². The molecule has 1 fully saturated rings. The first-order valence-corrected chi connectivity index (χ1v) is 9.10. The maximum Gasteiger partial charge on any atom is 0.243 e. The van der Waals surface area contributed by atoms with Crippen LogP contribution in [0.5, 0.6) is 0 Å². The van der Waals surface area contributed by atoms with Crippen LogP contribution in [0.3, 0.4) is 0 Å². The summed E-state index contributed by atoms with van der Waals surface area (Å²) >= 11 is 0. The smallest absolute Gasteiger partial charge is 0.243 e. The van der Waals surface area contributed by atoms with Crippen molar-refractivity contribution in [3.8, 4) is 0 Å². The lowest BCUT2D eigenvalue weighted by atomic mass is 9.91. The monoisotopic (exact) mass is 329 g/mol. The molecular formula is C18H27N5O. The fourth-order valence-electron chi connectivity index (χ4n) is 3.61. The van der Waals surface area contributed by atoms with Crippen LogP contribution in [0.2, 0.25) is 0 Å². The molecule has 2 atom stereocenters. The molecule has 0 bridgehead atoms. The van der Waals surface area contributed by atoms with Gasteiger partial charge >= 0.3 is 0 Å². The van der Waals surface area contributed by atoms with E-state index in [1.54, 1.807) is 0 Å². The number of nitrogens with zero attached hydrogens (tertiary/aromatic N) is 4. The summed E-state index contributed by atoms with van der Waals surface area (Å²) in [6, 6.07) is 0.357. The quantitative estimate of drug-likeness (QED) is 0.927. The summed E-state index contributed by atoms with van der Waals surface area (Å²) < 4.78 is 7.65. The van der Waals surface area contributed by atoms with Crippen LogP contribution in [0.25, 0.3) is 0 Å². The van der Waals surface area contributed by atoms with Gasteiger partial charge in [0.25, 0.3) is 0 Å². The van der Waals surface area contributed by atoms with Crippen molar-refractivity contribution >= 4 is 0 Å². The fraction of sp³-hybridized carbons (Fsp3) is 0.722. The normalized spacial score (nSPS) is 22.4. The largest absolute Gasteiger partial charge is 0.338 e. The molecule has 0 spiro atoms. The summed E-state index contributed by atoms with van der Waals surface area (Å²) in [5.41, 5.74) is 2.71. The van der Waals surface area contributed by atoms with Crippen molar-refractivity contribution in [2.24, 2.45) is 0 Å². The van der Waals surface area contributed by atoms with Gasteiger partial charge < -0.3 is 4.52 Å². The van der Waals surface area contributed by atoms with E-state index in [9.17, 15) is 0 Å². The Morgan fingerprint density at radius 2 is 2.08 bits per heavy atom. The minimum atomic E-state index is 0.0206. The molecule has 1 saturated carbocycles. The third kappa shape index (κ3) is 2.88. The molecule has 0 radical (unpaired) electrons. The van der Waals surface area contributed by atoms with Crippen molar-refractivity contribution in [1.82, 2.24) is 25.2 Å². The van der Waals surface area contributed by atoms with Crippen LogP contribution in [0.15, 0.2) is 10.7 Å². The van der Waals surface area contributed by atoms with Gasteiger partial charge in [0.1, 0.15) is 0 Å². The van der Waals surface area contributed by atoms with Crippen molar-refractivity contribution < 1.29 is 4.52 Å². The molecule has 130 valence electrons. The molecule has 6 nitrogen and oxygen atoms in total. The van der Waals surface area contributed by atoms with E-state index in [2.05, 4.69) is 52.9 Å². The summed E-state index contributed by atoms with van der Waals surface area (Å²) in [6.45, 7) is 8.72. The third-order valence-electron chi connectivity index (χ3n) is 5.04. The van der Waals surface area contributed by atoms with Gasteiger partial charge in [0.05, 0.1) is 17.8 Å². The number of nitrogens with one attached hydrogen (secondary N) is 1. The van der Waals surface area contributed by atoms with Crippen LogP contribution in [-0.2, 0) is 12.0 Å². The fourth-order valence-corrected chi connectivity index (χ4v) is 3.61. The lowest BCUT2D eigenvalue weighted by Crippen LogP contribution is -2.30. The molecule has 0 aliphatic heterocycles. The van der Waals surface area contributed by atoms with Crippen molar-refractivity contribution in [1.29, 1.82) is 0 Å². The third-order valence-corrected chi connectivity index (χ3v) is 5.04. The molecule has 2 aromatic rings. The second kappa shape index (κ2) is 5.69. The van der Waals surface area contributed by atoms with E-state index in [4.69, 9.17) is 4.52 Å². The molecule has 1 N–H and O–H groups in total. The van der Waals surface area contributed by atoms with Crippen LogP contribution >= 0.6 is 0 Å². The second-order valence-corrected chi connectivity index (χ2v) is 8.23. The first kappa shape index (κ1) is 15.8. The first-order chi connectivity index (χ1) is 11.4. The van der Waals surface area contributed by atoms with E-state index >= 15 is 0 Å². The molecule has 4 rings (SSSR count). The van der Waals surface area contributed by atoms with Gasteiger partial charge in [0.2, 0.25) is 5.89 Å². The van der Waals surface area contributed by atoms with Crippen molar-refractivity contribution in [2.45, 2.75) is 83.3 Å². The van der Waals surface area contributed by atoms with E-state index in [1.807, 2.05) is 6.20 Å². The molecular weight excluding hydrogens is 302 g/mol. The van der Waals surface area contributed by atoms with E-state index in [1.165, 1.54) is 30.5 Å². The molecule has 2 heterocycles. The van der Waals surface area contributed by atoms with E-state index < -0.39 is 0 Å². The Labute approximate surface area is 143 Å². The zero-order valence-electron chi connectivity index (χ0n) is 15.0. The van der Waals surface area contributed by atoms with E-state index in [0.717, 1.165) is 18.7 Å². The number of hydrogen-bond acceptors (Lipinski definition) is 5. The molecule has 0 saturated heterocycles. The minimum absolute atomic E-state index is 0.0206. The average Bonchev–Trinajstić information content (AvgIpc) is 3.09. The van der Waals surface area contributed by atoms with Crippen molar-refractivity contribution in [2.75, 3.05) is 0 Å². The zero-order chi connectivity index (χ0) is 16.9. The van der Waals surface area contributed by atoms with E-state index in [0.29, 0.717) is 17.9 Å². The lowest BCUT2D eigenvalue weighted by molar-refractivity contribution is 0.305. The first-order valence-electron chi connectivity index (χ1n) is 9.10. The van der Waals surface area contributed by atoms with Crippen LogP contribution in [0.4, 0.5) is 0 Å². The number of fused-ring (bicyclic) bond motifs is 1. The Hall–Kier alpha value is -1.69. The summed E-state index contributed by atoms with van der Waals surface area (Å²) in [7, 11) is 0. The molecule has 0 unspecified atom stereocenters. The van der Waals surface area contributed by atoms with Gasteiger partial charge in [-0.25, -0.2) is 0 Å². The Morgan fingerprint density at radius 3 is 2.79 bits per heavy atom. The molecule has 0 amide bonds. The summed E-state index contributed by atoms with van der Waals surface area (Å²) in [4.78, 5) is 4.58. The molecule has 2 aliphatic carbocycles. The molecule has 6 heteroatoms. The highest BCUT2D eigenvalue weighted by molar-refractivity contribution is 5.26. The average molecular weight is 329 g/mol. The highest BCUT2D eigenvalue weighted by Crippen LogP contribution is 2.39. The number of rotatable bonds is 4. The van der Waals surface area contributed by atoms with Gasteiger partial charge in [-0.15, -0.1) is 0 Å². The van der Waals surface area contributed by atoms with Gasteiger partial charge in [-0.05, 0) is 59.8 Å². The van der Waals surface area contributed by atoms with Crippen LogP contribution in [0.1, 0.15) is 94.4 Å². The van der Waals surface area contributed by atoms with Gasteiger partial charge in [0.15, 0.2) is 5.82 Å². The molecule has 24 heavy (non-hydrogen) atoms. The van der Waals surface area contributed by atoms with Gasteiger partial charge in [-0.1, -0.05) is 5.16 Å². The van der Waals surface area contributed by atoms with Crippen molar-refractivity contribution in [3.05, 3.63) is 29.2 Å². The predicted molar refractivity (Wildman–Crippen MR) is 90.7 cm³/mol. The topological polar surface area (TPSA) is 68.8 Å². The number of aromatic nitrogens is 4. The number of hydrogen-bond donors (Lipinski definition) is 1.